The predicted molar refractivity (Wildman–Crippen MR) is 69.5 cm³/mol. The average molecular weight is 256 g/mol. The fraction of sp³-hybridized carbons (Fsp3) is 0.571. The Bertz CT molecular complexity index is 372. The maximum atomic E-state index is 13.2. The van der Waals surface area contributed by atoms with Crippen molar-refractivity contribution in [2.75, 3.05) is 0 Å². The third-order valence-electron chi connectivity index (χ3n) is 3.72. The van der Waals surface area contributed by atoms with Crippen molar-refractivity contribution >= 4 is 11.6 Å². The first-order valence-electron chi connectivity index (χ1n) is 6.39. The van der Waals surface area contributed by atoms with Crippen LogP contribution in [0.25, 0.3) is 0 Å². The number of hydrogen-bond donors (Lipinski definition) is 1. The molecule has 0 heterocycles. The Morgan fingerprint density at radius 3 is 2.47 bits per heavy atom. The molecule has 1 nitrogen and oxygen atoms in total. The summed E-state index contributed by atoms with van der Waals surface area (Å²) in [5, 5.41) is 0.586. The Morgan fingerprint density at radius 2 is 1.82 bits per heavy atom. The van der Waals surface area contributed by atoms with Crippen molar-refractivity contribution in [3.8, 4) is 0 Å². The van der Waals surface area contributed by atoms with Crippen molar-refractivity contribution in [2.45, 2.75) is 44.6 Å². The van der Waals surface area contributed by atoms with Gasteiger partial charge in [0.1, 0.15) is 5.82 Å². The topological polar surface area (TPSA) is 26.0 Å². The molecule has 0 spiro atoms. The van der Waals surface area contributed by atoms with Gasteiger partial charge < -0.3 is 5.73 Å². The molecule has 0 bridgehead atoms. The van der Waals surface area contributed by atoms with E-state index in [1.807, 2.05) is 0 Å². The largest absolute Gasteiger partial charge is 0.324 e. The third-order valence-corrected chi connectivity index (χ3v) is 4.07. The molecule has 0 amide bonds. The van der Waals surface area contributed by atoms with E-state index in [9.17, 15) is 4.39 Å². The van der Waals surface area contributed by atoms with Gasteiger partial charge in [-0.05, 0) is 42.5 Å². The molecule has 2 rings (SSSR count). The second-order valence-electron chi connectivity index (χ2n) is 4.94. The fourth-order valence-electron chi connectivity index (χ4n) is 2.69. The van der Waals surface area contributed by atoms with E-state index in [0.717, 1.165) is 18.4 Å². The Labute approximate surface area is 107 Å². The summed E-state index contributed by atoms with van der Waals surface area (Å²) < 4.78 is 13.2. The van der Waals surface area contributed by atoms with Crippen molar-refractivity contribution in [1.82, 2.24) is 0 Å². The van der Waals surface area contributed by atoms with E-state index >= 15 is 0 Å². The van der Waals surface area contributed by atoms with Crippen LogP contribution in [-0.4, -0.2) is 0 Å². The van der Waals surface area contributed by atoms with Crippen LogP contribution in [0.2, 0.25) is 5.02 Å². The zero-order valence-corrected chi connectivity index (χ0v) is 10.7. The molecule has 1 atom stereocenters. The molecule has 1 saturated carbocycles. The lowest BCUT2D eigenvalue weighted by Crippen LogP contribution is -2.21. The first-order valence-corrected chi connectivity index (χ1v) is 6.77. The van der Waals surface area contributed by atoms with Crippen LogP contribution in [-0.2, 0) is 0 Å². The zero-order valence-electron chi connectivity index (χ0n) is 9.96. The third kappa shape index (κ3) is 3.20. The molecule has 1 aliphatic rings. The predicted octanol–water partition coefficient (Wildman–Crippen LogP) is 4.45. The molecule has 0 saturated heterocycles. The average Bonchev–Trinajstić information content (AvgIpc) is 2.60. The summed E-state index contributed by atoms with van der Waals surface area (Å²) in [4.78, 5) is 0. The van der Waals surface area contributed by atoms with Gasteiger partial charge in [0.15, 0.2) is 0 Å². The van der Waals surface area contributed by atoms with Gasteiger partial charge in [-0.2, -0.15) is 0 Å². The lowest BCUT2D eigenvalue weighted by atomic mass is 9.88. The number of hydrogen-bond acceptors (Lipinski definition) is 1. The molecule has 94 valence electrons. The molecular weight excluding hydrogens is 237 g/mol. The van der Waals surface area contributed by atoms with Gasteiger partial charge in [-0.1, -0.05) is 37.3 Å². The van der Waals surface area contributed by atoms with Crippen molar-refractivity contribution in [3.05, 3.63) is 34.6 Å². The molecule has 1 aromatic rings. The van der Waals surface area contributed by atoms with Gasteiger partial charge in [-0.3, -0.25) is 0 Å². The van der Waals surface area contributed by atoms with Crippen LogP contribution in [0.15, 0.2) is 18.2 Å². The summed E-state index contributed by atoms with van der Waals surface area (Å²) >= 11 is 6.10. The van der Waals surface area contributed by atoms with Crippen molar-refractivity contribution in [3.63, 3.8) is 0 Å². The number of rotatable bonds is 2. The molecule has 1 aromatic carbocycles. The van der Waals surface area contributed by atoms with Crippen molar-refractivity contribution < 1.29 is 4.39 Å². The fourth-order valence-corrected chi connectivity index (χ4v) is 2.94. The highest BCUT2D eigenvalue weighted by atomic mass is 35.5. The summed E-state index contributed by atoms with van der Waals surface area (Å²) in [6, 6.07) is 4.34. The highest BCUT2D eigenvalue weighted by Gasteiger charge is 2.22. The molecule has 0 aliphatic heterocycles. The van der Waals surface area contributed by atoms with Gasteiger partial charge in [-0.15, -0.1) is 0 Å². The maximum absolute atomic E-state index is 13.2. The number of halogens is 2. The van der Waals surface area contributed by atoms with E-state index in [1.54, 1.807) is 6.07 Å². The quantitative estimate of drug-likeness (QED) is 0.777. The van der Waals surface area contributed by atoms with Crippen LogP contribution in [0.3, 0.4) is 0 Å². The Balaban J connectivity index is 2.16. The van der Waals surface area contributed by atoms with Gasteiger partial charge in [-0.25, -0.2) is 4.39 Å². The highest BCUT2D eigenvalue weighted by molar-refractivity contribution is 6.31. The Morgan fingerprint density at radius 1 is 1.18 bits per heavy atom. The van der Waals surface area contributed by atoms with Gasteiger partial charge in [0, 0.05) is 11.1 Å². The van der Waals surface area contributed by atoms with E-state index < -0.39 is 0 Å². The lowest BCUT2D eigenvalue weighted by molar-refractivity contribution is 0.381. The molecule has 2 N–H and O–H groups in total. The second kappa shape index (κ2) is 5.83. The van der Waals surface area contributed by atoms with Gasteiger partial charge in [0.25, 0.3) is 0 Å². The van der Waals surface area contributed by atoms with E-state index in [2.05, 4.69) is 0 Å². The molecular formula is C14H19ClFN. The van der Waals surface area contributed by atoms with E-state index in [-0.39, 0.29) is 11.9 Å². The standard InChI is InChI=1S/C14H19ClFN/c15-13-8-7-11(16)9-12(13)14(17)10-5-3-1-2-4-6-10/h7-10,14H,1-6,17H2. The summed E-state index contributed by atoms with van der Waals surface area (Å²) in [7, 11) is 0. The Kier molecular flexibility index (Phi) is 4.41. The minimum atomic E-state index is -0.256. The summed E-state index contributed by atoms with van der Waals surface area (Å²) in [5.41, 5.74) is 7.02. The summed E-state index contributed by atoms with van der Waals surface area (Å²) in [5.74, 6) is 0.185. The SMILES string of the molecule is NC(c1cc(F)ccc1Cl)C1CCCCCC1. The van der Waals surface area contributed by atoms with Crippen molar-refractivity contribution in [1.29, 1.82) is 0 Å². The minimum Gasteiger partial charge on any atom is -0.324 e. The number of benzene rings is 1. The van der Waals surface area contributed by atoms with Crippen LogP contribution in [0.1, 0.15) is 50.1 Å². The van der Waals surface area contributed by atoms with Gasteiger partial charge in [0.05, 0.1) is 0 Å². The molecule has 1 aliphatic carbocycles. The Hall–Kier alpha value is -0.600. The van der Waals surface area contributed by atoms with Gasteiger partial charge in [0.2, 0.25) is 0 Å². The highest BCUT2D eigenvalue weighted by Crippen LogP contribution is 2.34. The normalized spacial score (nSPS) is 19.9. The van der Waals surface area contributed by atoms with Crippen LogP contribution in [0.5, 0.6) is 0 Å². The zero-order chi connectivity index (χ0) is 12.3. The molecule has 17 heavy (non-hydrogen) atoms. The van der Waals surface area contributed by atoms with Crippen LogP contribution in [0.4, 0.5) is 4.39 Å². The van der Waals surface area contributed by atoms with Gasteiger partial charge >= 0.3 is 0 Å². The summed E-state index contributed by atoms with van der Waals surface area (Å²) in [6.45, 7) is 0. The summed E-state index contributed by atoms with van der Waals surface area (Å²) in [6.07, 6.45) is 7.30. The molecule has 0 aromatic heterocycles. The molecule has 0 radical (unpaired) electrons. The molecule has 3 heteroatoms. The first-order chi connectivity index (χ1) is 8.18. The maximum Gasteiger partial charge on any atom is 0.123 e. The molecule has 1 fully saturated rings. The van der Waals surface area contributed by atoms with Crippen LogP contribution >= 0.6 is 11.6 Å². The van der Waals surface area contributed by atoms with E-state index in [0.29, 0.717) is 10.9 Å². The van der Waals surface area contributed by atoms with Crippen molar-refractivity contribution in [2.24, 2.45) is 11.7 Å². The lowest BCUT2D eigenvalue weighted by Gasteiger charge is -2.23. The van der Waals surface area contributed by atoms with Crippen LogP contribution in [0, 0.1) is 11.7 Å². The monoisotopic (exact) mass is 255 g/mol. The van der Waals surface area contributed by atoms with E-state index in [4.69, 9.17) is 17.3 Å². The van der Waals surface area contributed by atoms with Crippen LogP contribution < -0.4 is 5.73 Å². The van der Waals surface area contributed by atoms with E-state index in [1.165, 1.54) is 37.8 Å². The minimum absolute atomic E-state index is 0.128. The molecule has 1 unspecified atom stereocenters. The number of nitrogens with two attached hydrogens (primary N) is 1. The first kappa shape index (κ1) is 12.8. The second-order valence-corrected chi connectivity index (χ2v) is 5.35. The smallest absolute Gasteiger partial charge is 0.123 e.